The quantitative estimate of drug-likeness (QED) is 0.147. The SMILES string of the molecule is CO[C@H]1/C=C/O[C@@]2(C)Oc3c(C)c(O)c4c(O)c(c5sc(N6CCCC6)nc5c4c3C2=O)NC(=O)/C(C)=C\C=C\[C@H](C)[C@H](O)[C@@H](C)[C@@H](O)[C@@H](C)[C@H](OC(C)=O)[C@@H]1C. The topological polar surface area (TPSA) is 197 Å². The molecule has 1 fully saturated rings. The smallest absolute Gasteiger partial charge is 0.312 e. The number of ether oxygens (including phenoxy) is 4. The van der Waals surface area contributed by atoms with Crippen LogP contribution in [0.2, 0.25) is 0 Å². The fraction of sp³-hybridized carbons (Fsp3) is 0.524. The zero-order chi connectivity index (χ0) is 41.7. The summed E-state index contributed by atoms with van der Waals surface area (Å²) in [5, 5.41) is 50.1. The summed E-state index contributed by atoms with van der Waals surface area (Å²) in [6, 6.07) is 0. The van der Waals surface area contributed by atoms with Crippen LogP contribution < -0.4 is 15.0 Å². The summed E-state index contributed by atoms with van der Waals surface area (Å²) in [6.45, 7) is 14.4. The van der Waals surface area contributed by atoms with Gasteiger partial charge in [-0.1, -0.05) is 57.3 Å². The summed E-state index contributed by atoms with van der Waals surface area (Å²) < 4.78 is 24.3. The maximum Gasteiger partial charge on any atom is 0.312 e. The molecule has 2 aromatic carbocycles. The maximum atomic E-state index is 14.6. The summed E-state index contributed by atoms with van der Waals surface area (Å²) in [5.41, 5.74) is 0.824. The number of anilines is 2. The van der Waals surface area contributed by atoms with E-state index in [4.69, 9.17) is 23.9 Å². The number of methoxy groups -OCH3 is 1. The molecule has 3 aliphatic rings. The number of allylic oxidation sites excluding steroid dienone is 2. The number of rotatable bonds is 3. The average Bonchev–Trinajstić information content (AvgIpc) is 3.93. The van der Waals surface area contributed by atoms with E-state index < -0.39 is 77.3 Å². The molecule has 4 bridgehead atoms. The first-order chi connectivity index (χ1) is 26.9. The first-order valence-electron chi connectivity index (χ1n) is 19.3. The van der Waals surface area contributed by atoms with Crippen molar-refractivity contribution in [1.29, 1.82) is 0 Å². The number of phenolic OH excluding ortho intramolecular Hbond substituents is 2. The van der Waals surface area contributed by atoms with Crippen molar-refractivity contribution in [3.63, 3.8) is 0 Å². The summed E-state index contributed by atoms with van der Waals surface area (Å²) in [7, 11) is 1.47. The summed E-state index contributed by atoms with van der Waals surface area (Å²) in [5.74, 6) is -6.71. The lowest BCUT2D eigenvalue weighted by Crippen LogP contribution is -2.46. The van der Waals surface area contributed by atoms with E-state index >= 15 is 0 Å². The van der Waals surface area contributed by atoms with Crippen molar-refractivity contribution in [3.05, 3.63) is 47.3 Å². The number of fused-ring (bicyclic) bond motifs is 1. The second kappa shape index (κ2) is 16.3. The first kappa shape index (κ1) is 41.9. The fourth-order valence-corrected chi connectivity index (χ4v) is 9.28. The molecular weight excluding hydrogens is 755 g/mol. The Labute approximate surface area is 335 Å². The number of aliphatic hydroxyl groups is 2. The normalized spacial score (nSPS) is 32.2. The molecule has 3 aliphatic heterocycles. The number of hydrogen-bond acceptors (Lipinski definition) is 14. The number of aliphatic hydroxyl groups excluding tert-OH is 2. The van der Waals surface area contributed by atoms with Gasteiger partial charge in [-0.05, 0) is 32.8 Å². The van der Waals surface area contributed by atoms with E-state index in [2.05, 4.69) is 10.2 Å². The van der Waals surface area contributed by atoms with Crippen LogP contribution in [0, 0.1) is 30.6 Å². The zero-order valence-corrected chi connectivity index (χ0v) is 34.6. The Morgan fingerprint density at radius 1 is 1.00 bits per heavy atom. The van der Waals surface area contributed by atoms with Crippen molar-refractivity contribution < 1.29 is 53.8 Å². The number of carbonyl (C=O) groups is 3. The predicted octanol–water partition coefficient (Wildman–Crippen LogP) is 6.26. The molecular formula is C42H53N3O11S. The highest BCUT2D eigenvalue weighted by Crippen LogP contribution is 2.55. The lowest BCUT2D eigenvalue weighted by atomic mass is 9.78. The number of nitrogens with zero attached hydrogens (tertiary/aromatic N) is 2. The molecule has 1 saturated heterocycles. The van der Waals surface area contributed by atoms with Crippen LogP contribution >= 0.6 is 11.3 Å². The molecule has 1 aromatic heterocycles. The molecule has 0 radical (unpaired) electrons. The number of aromatic hydroxyl groups is 2. The Morgan fingerprint density at radius 2 is 1.68 bits per heavy atom. The van der Waals surface area contributed by atoms with Crippen LogP contribution in [0.3, 0.4) is 0 Å². The second-order valence-corrected chi connectivity index (χ2v) is 16.7. The van der Waals surface area contributed by atoms with Gasteiger partial charge in [-0.2, -0.15) is 0 Å². The number of esters is 1. The first-order valence-corrected chi connectivity index (χ1v) is 20.1. The van der Waals surface area contributed by atoms with E-state index in [-0.39, 0.29) is 44.7 Å². The van der Waals surface area contributed by atoms with Crippen molar-refractivity contribution in [2.24, 2.45) is 23.7 Å². The zero-order valence-electron chi connectivity index (χ0n) is 33.8. The number of Topliss-reactive ketones (excluding diaryl/α,β-unsaturated/α-hetero) is 1. The Hall–Kier alpha value is -4.70. The number of amides is 1. The molecule has 0 unspecified atom stereocenters. The van der Waals surface area contributed by atoms with Crippen LogP contribution in [0.15, 0.2) is 36.1 Å². The molecule has 57 heavy (non-hydrogen) atoms. The standard InChI is InChI=1S/C42H53N3O11S/c1-19-13-12-14-20(2)40(52)43-31-35(50)28-27(30-38(31)57-41(44-30)45-16-10-11-17-45)29-37(24(6)34(28)49)56-42(8,39(29)51)54-18-15-26(53-9)21(3)36(55-25(7)46)23(5)33(48)22(4)32(19)47/h12-15,18-19,21-23,26,32-33,36,47-50H,10-11,16-17H2,1-9H3,(H,43,52)/b13-12+,18-15+,20-14-/t19-,21+,22+,23+,26-,32-,33+,36+,42-/m0/s1. The minimum Gasteiger partial charge on any atom is -0.507 e. The number of phenols is 2. The molecule has 3 aromatic rings. The molecule has 0 aliphatic carbocycles. The Bertz CT molecular complexity index is 2170. The molecule has 5 N–H and O–H groups in total. The summed E-state index contributed by atoms with van der Waals surface area (Å²) >= 11 is 1.26. The van der Waals surface area contributed by atoms with Crippen molar-refractivity contribution in [1.82, 2.24) is 4.98 Å². The third-order valence-corrected chi connectivity index (χ3v) is 12.9. The van der Waals surface area contributed by atoms with E-state index in [1.54, 1.807) is 65.8 Å². The van der Waals surface area contributed by atoms with Gasteiger partial charge in [-0.25, -0.2) is 4.98 Å². The van der Waals surface area contributed by atoms with Crippen molar-refractivity contribution >= 4 is 60.8 Å². The van der Waals surface area contributed by atoms with Crippen LogP contribution in [-0.4, -0.2) is 93.5 Å². The van der Waals surface area contributed by atoms with Gasteiger partial charge in [0, 0.05) is 74.2 Å². The number of carbonyl (C=O) groups excluding carboxylic acids is 3. The molecule has 15 heteroatoms. The van der Waals surface area contributed by atoms with Gasteiger partial charge in [0.15, 0.2) is 10.9 Å². The van der Waals surface area contributed by atoms with Crippen molar-refractivity contribution in [3.8, 4) is 17.2 Å². The van der Waals surface area contributed by atoms with Gasteiger partial charge in [0.05, 0.1) is 45.7 Å². The Morgan fingerprint density at radius 3 is 2.33 bits per heavy atom. The lowest BCUT2D eigenvalue weighted by molar-refractivity contribution is -0.160. The predicted molar refractivity (Wildman–Crippen MR) is 217 cm³/mol. The van der Waals surface area contributed by atoms with E-state index in [9.17, 15) is 34.8 Å². The summed E-state index contributed by atoms with van der Waals surface area (Å²) in [6.07, 6.45) is 5.94. The number of aromatic nitrogens is 1. The molecule has 4 heterocycles. The highest BCUT2D eigenvalue weighted by atomic mass is 32.1. The van der Waals surface area contributed by atoms with E-state index in [0.29, 0.717) is 15.3 Å². The van der Waals surface area contributed by atoms with Crippen molar-refractivity contribution in [2.45, 2.75) is 98.4 Å². The Balaban J connectivity index is 1.54. The van der Waals surface area contributed by atoms with Gasteiger partial charge in [0.1, 0.15) is 23.3 Å². The minimum atomic E-state index is -1.93. The molecule has 1 amide bonds. The number of nitrogens with one attached hydrogen (secondary N) is 1. The van der Waals surface area contributed by atoms with Crippen LogP contribution in [0.25, 0.3) is 21.0 Å². The third kappa shape index (κ3) is 7.57. The van der Waals surface area contributed by atoms with Crippen molar-refractivity contribution in [2.75, 3.05) is 30.4 Å². The number of ketones is 1. The molecule has 308 valence electrons. The number of benzene rings is 2. The highest BCUT2D eigenvalue weighted by molar-refractivity contribution is 7.23. The second-order valence-electron chi connectivity index (χ2n) is 15.7. The summed E-state index contributed by atoms with van der Waals surface area (Å²) in [4.78, 5) is 47.7. The van der Waals surface area contributed by atoms with Crippen LogP contribution in [-0.2, 0) is 23.8 Å². The van der Waals surface area contributed by atoms with E-state index in [1.807, 2.05) is 0 Å². The van der Waals surface area contributed by atoms with E-state index in [0.717, 1.165) is 25.9 Å². The maximum absolute atomic E-state index is 14.6. The van der Waals surface area contributed by atoms with E-state index in [1.165, 1.54) is 38.6 Å². The monoisotopic (exact) mass is 807 g/mol. The van der Waals surface area contributed by atoms with Gasteiger partial charge in [-0.15, -0.1) is 0 Å². The Kier molecular flexibility index (Phi) is 12.0. The number of thiazole rings is 1. The van der Waals surface area contributed by atoms with Gasteiger partial charge in [-0.3, -0.25) is 14.4 Å². The van der Waals surface area contributed by atoms with Crippen LogP contribution in [0.5, 0.6) is 17.2 Å². The van der Waals surface area contributed by atoms with Crippen LogP contribution in [0.4, 0.5) is 10.8 Å². The highest BCUT2D eigenvalue weighted by Gasteiger charge is 2.50. The minimum absolute atomic E-state index is 0.0344. The largest absolute Gasteiger partial charge is 0.507 e. The van der Waals surface area contributed by atoms with Crippen LogP contribution in [0.1, 0.15) is 77.2 Å². The fourth-order valence-electron chi connectivity index (χ4n) is 8.15. The van der Waals surface area contributed by atoms with Gasteiger partial charge in [0.25, 0.3) is 11.7 Å². The number of hydrogen-bond donors (Lipinski definition) is 5. The molecule has 6 rings (SSSR count). The molecule has 0 saturated carbocycles. The molecule has 0 spiro atoms. The van der Waals surface area contributed by atoms with Gasteiger partial charge < -0.3 is 49.6 Å². The lowest BCUT2D eigenvalue weighted by Gasteiger charge is -2.38. The molecule has 14 nitrogen and oxygen atoms in total. The van der Waals surface area contributed by atoms with Gasteiger partial charge >= 0.3 is 11.8 Å². The third-order valence-electron chi connectivity index (χ3n) is 11.7. The molecule has 9 atom stereocenters. The average molecular weight is 808 g/mol. The van der Waals surface area contributed by atoms with Gasteiger partial charge in [0.2, 0.25) is 0 Å².